The second-order valence-corrected chi connectivity index (χ2v) is 8.49. The molecule has 5 rings (SSSR count). The monoisotopic (exact) mass is 388 g/mol. The molecule has 5 nitrogen and oxygen atoms in total. The lowest BCUT2D eigenvalue weighted by molar-refractivity contribution is -0.126. The van der Waals surface area contributed by atoms with Crippen LogP contribution in [0.2, 0.25) is 0 Å². The van der Waals surface area contributed by atoms with Crippen LogP contribution in [0.5, 0.6) is 0 Å². The second kappa shape index (κ2) is 7.54. The summed E-state index contributed by atoms with van der Waals surface area (Å²) in [6.45, 7) is 3.81. The molecule has 2 N–H and O–H groups in total. The Morgan fingerprint density at radius 1 is 1.14 bits per heavy atom. The quantitative estimate of drug-likeness (QED) is 0.704. The lowest BCUT2D eigenvalue weighted by atomic mass is 9.87. The van der Waals surface area contributed by atoms with Crippen molar-refractivity contribution in [2.75, 3.05) is 18.0 Å². The molecule has 3 aromatic rings. The van der Waals surface area contributed by atoms with Crippen LogP contribution in [0.15, 0.2) is 42.5 Å². The number of carbonyl (C=O) groups excluding carboxylic acids is 1. The Morgan fingerprint density at radius 3 is 2.83 bits per heavy atom. The minimum atomic E-state index is 0.0898. The van der Waals surface area contributed by atoms with Gasteiger partial charge in [0.15, 0.2) is 0 Å². The first kappa shape index (κ1) is 18.2. The van der Waals surface area contributed by atoms with Crippen LogP contribution in [0.1, 0.15) is 48.4 Å². The van der Waals surface area contributed by atoms with Crippen molar-refractivity contribution in [1.82, 2.24) is 15.3 Å². The van der Waals surface area contributed by atoms with E-state index in [-0.39, 0.29) is 17.9 Å². The maximum atomic E-state index is 12.9. The van der Waals surface area contributed by atoms with Crippen LogP contribution in [0.4, 0.5) is 5.95 Å². The molecule has 2 heterocycles. The number of H-pyrrole nitrogens is 1. The molecule has 2 aliphatic rings. The van der Waals surface area contributed by atoms with Gasteiger partial charge >= 0.3 is 0 Å². The van der Waals surface area contributed by atoms with Crippen molar-refractivity contribution < 1.29 is 4.79 Å². The number of amides is 1. The van der Waals surface area contributed by atoms with E-state index >= 15 is 0 Å². The largest absolute Gasteiger partial charge is 0.349 e. The molecule has 1 aliphatic carbocycles. The van der Waals surface area contributed by atoms with Crippen molar-refractivity contribution >= 4 is 22.9 Å². The summed E-state index contributed by atoms with van der Waals surface area (Å²) >= 11 is 0. The van der Waals surface area contributed by atoms with Crippen molar-refractivity contribution in [3.63, 3.8) is 0 Å². The number of hydrogen-bond acceptors (Lipinski definition) is 3. The van der Waals surface area contributed by atoms with Crippen molar-refractivity contribution in [3.05, 3.63) is 59.2 Å². The zero-order chi connectivity index (χ0) is 19.8. The van der Waals surface area contributed by atoms with Gasteiger partial charge in [-0.3, -0.25) is 4.79 Å². The Labute approximate surface area is 171 Å². The first-order chi connectivity index (χ1) is 14.2. The van der Waals surface area contributed by atoms with Crippen LogP contribution in [-0.2, 0) is 11.2 Å². The maximum Gasteiger partial charge on any atom is 0.223 e. The summed E-state index contributed by atoms with van der Waals surface area (Å²) in [7, 11) is 0. The van der Waals surface area contributed by atoms with E-state index in [1.54, 1.807) is 0 Å². The van der Waals surface area contributed by atoms with Crippen molar-refractivity contribution in [2.45, 2.75) is 45.1 Å². The second-order valence-electron chi connectivity index (χ2n) is 8.49. The molecule has 0 bridgehead atoms. The third kappa shape index (κ3) is 3.61. The normalized spacial score (nSPS) is 19.9. The smallest absolute Gasteiger partial charge is 0.223 e. The number of aromatic nitrogens is 2. The molecule has 5 heteroatoms. The summed E-state index contributed by atoms with van der Waals surface area (Å²) in [5.74, 6) is 1.23. The summed E-state index contributed by atoms with van der Waals surface area (Å²) in [5.41, 5.74) is 6.01. The fourth-order valence-corrected chi connectivity index (χ4v) is 4.81. The molecule has 0 saturated carbocycles. The van der Waals surface area contributed by atoms with Crippen LogP contribution >= 0.6 is 0 Å². The number of nitrogens with zero attached hydrogens (tertiary/aromatic N) is 2. The van der Waals surface area contributed by atoms with E-state index in [2.05, 4.69) is 64.6 Å². The topological polar surface area (TPSA) is 61.0 Å². The predicted molar refractivity (Wildman–Crippen MR) is 116 cm³/mol. The van der Waals surface area contributed by atoms with Crippen LogP contribution < -0.4 is 10.2 Å². The van der Waals surface area contributed by atoms with Crippen molar-refractivity contribution in [3.8, 4) is 0 Å². The molecule has 2 aromatic carbocycles. The van der Waals surface area contributed by atoms with Crippen LogP contribution in [0.25, 0.3) is 11.0 Å². The summed E-state index contributed by atoms with van der Waals surface area (Å²) < 4.78 is 0. The lowest BCUT2D eigenvalue weighted by Gasteiger charge is -2.33. The van der Waals surface area contributed by atoms with Gasteiger partial charge in [-0.2, -0.15) is 0 Å². The van der Waals surface area contributed by atoms with Crippen LogP contribution in [0.3, 0.4) is 0 Å². The average molecular weight is 389 g/mol. The molecule has 1 atom stereocenters. The molecule has 29 heavy (non-hydrogen) atoms. The number of rotatable bonds is 3. The number of anilines is 1. The zero-order valence-electron chi connectivity index (χ0n) is 16.9. The van der Waals surface area contributed by atoms with Crippen molar-refractivity contribution in [2.24, 2.45) is 5.92 Å². The van der Waals surface area contributed by atoms with Gasteiger partial charge in [0.2, 0.25) is 11.9 Å². The molecule has 1 aliphatic heterocycles. The molecule has 1 saturated heterocycles. The fourth-order valence-electron chi connectivity index (χ4n) is 4.81. The molecule has 0 spiro atoms. The SMILES string of the molecule is Cc1ccc2nc(N3CCC(C(=O)NC4CCCc5ccccc54)CC3)[nH]c2c1. The summed E-state index contributed by atoms with van der Waals surface area (Å²) in [6, 6.07) is 15.0. The number of nitrogens with one attached hydrogen (secondary N) is 2. The number of fused-ring (bicyclic) bond motifs is 2. The molecule has 150 valence electrons. The molecule has 1 fully saturated rings. The number of carbonyl (C=O) groups is 1. The van der Waals surface area contributed by atoms with E-state index in [9.17, 15) is 4.79 Å². The van der Waals surface area contributed by atoms with E-state index in [0.717, 1.165) is 62.2 Å². The standard InChI is InChI=1S/C24H28N4O/c1-16-9-10-21-22(15-16)27-24(26-21)28-13-11-18(12-14-28)23(29)25-20-8-4-6-17-5-2-3-7-19(17)20/h2-3,5,7,9-10,15,18,20H,4,6,8,11-14H2,1H3,(H,25,29)(H,26,27). The van der Waals surface area contributed by atoms with Gasteiger partial charge in [-0.25, -0.2) is 4.98 Å². The van der Waals surface area contributed by atoms with Gasteiger partial charge in [0.25, 0.3) is 0 Å². The van der Waals surface area contributed by atoms with Gasteiger partial charge in [-0.05, 0) is 67.9 Å². The molecule has 1 amide bonds. The van der Waals surface area contributed by atoms with E-state index < -0.39 is 0 Å². The first-order valence-electron chi connectivity index (χ1n) is 10.8. The molecular weight excluding hydrogens is 360 g/mol. The van der Waals surface area contributed by atoms with Crippen LogP contribution in [-0.4, -0.2) is 29.0 Å². The Balaban J connectivity index is 1.22. The van der Waals surface area contributed by atoms with E-state index in [4.69, 9.17) is 4.98 Å². The molecule has 0 radical (unpaired) electrons. The average Bonchev–Trinajstić information content (AvgIpc) is 3.17. The number of aromatic amines is 1. The predicted octanol–water partition coefficient (Wildman–Crippen LogP) is 4.28. The highest BCUT2D eigenvalue weighted by molar-refractivity contribution is 5.80. The lowest BCUT2D eigenvalue weighted by Crippen LogP contribution is -2.42. The minimum absolute atomic E-state index is 0.0898. The Morgan fingerprint density at radius 2 is 1.97 bits per heavy atom. The summed E-state index contributed by atoms with van der Waals surface area (Å²) in [6.07, 6.45) is 5.05. The number of benzene rings is 2. The number of imidazole rings is 1. The van der Waals surface area contributed by atoms with Gasteiger partial charge in [0.05, 0.1) is 17.1 Å². The van der Waals surface area contributed by atoms with Gasteiger partial charge in [-0.15, -0.1) is 0 Å². The van der Waals surface area contributed by atoms with E-state index in [0.29, 0.717) is 0 Å². The Hall–Kier alpha value is -2.82. The van der Waals surface area contributed by atoms with Gasteiger partial charge in [0, 0.05) is 19.0 Å². The first-order valence-corrected chi connectivity index (χ1v) is 10.8. The number of aryl methyl sites for hydroxylation is 2. The molecule has 1 unspecified atom stereocenters. The highest BCUT2D eigenvalue weighted by atomic mass is 16.1. The fraction of sp³-hybridized carbons (Fsp3) is 0.417. The van der Waals surface area contributed by atoms with Gasteiger partial charge in [0.1, 0.15) is 0 Å². The molecular formula is C24H28N4O. The number of hydrogen-bond donors (Lipinski definition) is 2. The third-order valence-electron chi connectivity index (χ3n) is 6.48. The Kier molecular flexibility index (Phi) is 4.74. The highest BCUT2D eigenvalue weighted by Gasteiger charge is 2.29. The van der Waals surface area contributed by atoms with E-state index in [1.807, 2.05) is 0 Å². The summed E-state index contributed by atoms with van der Waals surface area (Å²) in [4.78, 5) is 23.4. The number of piperidine rings is 1. The van der Waals surface area contributed by atoms with Crippen LogP contribution in [0, 0.1) is 12.8 Å². The summed E-state index contributed by atoms with van der Waals surface area (Å²) in [5, 5.41) is 3.35. The highest BCUT2D eigenvalue weighted by Crippen LogP contribution is 2.31. The maximum absolute atomic E-state index is 12.9. The van der Waals surface area contributed by atoms with Gasteiger partial charge < -0.3 is 15.2 Å². The van der Waals surface area contributed by atoms with E-state index in [1.165, 1.54) is 16.7 Å². The van der Waals surface area contributed by atoms with Crippen molar-refractivity contribution in [1.29, 1.82) is 0 Å². The third-order valence-corrected chi connectivity index (χ3v) is 6.48. The Bertz CT molecular complexity index is 1030. The minimum Gasteiger partial charge on any atom is -0.349 e. The van der Waals surface area contributed by atoms with Gasteiger partial charge in [-0.1, -0.05) is 30.3 Å². The zero-order valence-corrected chi connectivity index (χ0v) is 16.9. The molecule has 1 aromatic heterocycles.